The molecule has 1 heterocycles. The van der Waals surface area contributed by atoms with E-state index >= 15 is 0 Å². The number of rotatable bonds is 4. The highest BCUT2D eigenvalue weighted by atomic mass is 32.1. The summed E-state index contributed by atoms with van der Waals surface area (Å²) in [6.07, 6.45) is 0.710. The van der Waals surface area contributed by atoms with Crippen LogP contribution in [-0.4, -0.2) is 22.6 Å². The molecule has 0 aliphatic carbocycles. The second kappa shape index (κ2) is 6.23. The fraction of sp³-hybridized carbons (Fsp3) is 0.545. The van der Waals surface area contributed by atoms with E-state index in [1.165, 1.54) is 0 Å². The summed E-state index contributed by atoms with van der Waals surface area (Å²) in [7, 11) is 0. The lowest BCUT2D eigenvalue weighted by atomic mass is 10.2. The lowest BCUT2D eigenvalue weighted by Crippen LogP contribution is -2.23. The van der Waals surface area contributed by atoms with Gasteiger partial charge in [-0.1, -0.05) is 19.8 Å². The van der Waals surface area contributed by atoms with Crippen LogP contribution >= 0.6 is 11.3 Å². The van der Waals surface area contributed by atoms with Crippen LogP contribution in [0.1, 0.15) is 36.7 Å². The lowest BCUT2D eigenvalue weighted by Gasteiger charge is -1.97. The predicted octanol–water partition coefficient (Wildman–Crippen LogP) is 1.34. The van der Waals surface area contributed by atoms with Crippen LogP contribution in [0.4, 0.5) is 0 Å². The van der Waals surface area contributed by atoms with Crippen molar-refractivity contribution in [2.45, 2.75) is 33.1 Å². The van der Waals surface area contributed by atoms with Crippen molar-refractivity contribution in [3.63, 3.8) is 0 Å². The average Bonchev–Trinajstić information content (AvgIpc) is 2.67. The molecule has 1 amide bonds. The predicted molar refractivity (Wildman–Crippen MR) is 64.2 cm³/mol. The molecule has 0 radical (unpaired) electrons. The molecule has 0 saturated carbocycles. The summed E-state index contributed by atoms with van der Waals surface area (Å²) >= 11 is 1.60. The smallest absolute Gasteiger partial charge is 0.295 e. The molecule has 86 valence electrons. The monoisotopic (exact) mass is 237 g/mol. The van der Waals surface area contributed by atoms with Gasteiger partial charge >= 0.3 is 0 Å². The molecule has 1 rings (SSSR count). The molecular weight excluding hydrogens is 222 g/mol. The molecule has 4 nitrogen and oxygen atoms in total. The van der Waals surface area contributed by atoms with Gasteiger partial charge in [-0.15, -0.1) is 21.5 Å². The van der Waals surface area contributed by atoms with Gasteiger partial charge in [0.05, 0.1) is 0 Å². The van der Waals surface area contributed by atoms with Crippen LogP contribution in [0.15, 0.2) is 0 Å². The first-order valence-corrected chi connectivity index (χ1v) is 5.98. The van der Waals surface area contributed by atoms with Crippen molar-refractivity contribution in [1.82, 2.24) is 15.5 Å². The third kappa shape index (κ3) is 3.99. The molecule has 0 unspecified atom stereocenters. The van der Waals surface area contributed by atoms with Crippen molar-refractivity contribution in [2.75, 3.05) is 6.54 Å². The molecule has 0 aromatic carbocycles. The second-order valence-corrected chi connectivity index (χ2v) is 4.66. The average molecular weight is 237 g/mol. The molecule has 0 atom stereocenters. The van der Waals surface area contributed by atoms with E-state index < -0.39 is 0 Å². The number of amides is 1. The first-order chi connectivity index (χ1) is 7.63. The zero-order valence-corrected chi connectivity index (χ0v) is 10.5. The van der Waals surface area contributed by atoms with E-state index in [-0.39, 0.29) is 5.91 Å². The standard InChI is InChI=1S/C11H15N3OS/c1-4-5-9(15)12-7-6-10-13-14-11(16-10)8(2)3/h8H,6-7H2,1-3H3,(H,12,15). The van der Waals surface area contributed by atoms with Crippen molar-refractivity contribution >= 4 is 17.2 Å². The topological polar surface area (TPSA) is 54.9 Å². The molecule has 5 heteroatoms. The van der Waals surface area contributed by atoms with Crippen LogP contribution in [-0.2, 0) is 11.2 Å². The van der Waals surface area contributed by atoms with E-state index in [2.05, 4.69) is 41.2 Å². The van der Waals surface area contributed by atoms with Gasteiger partial charge in [0.25, 0.3) is 5.91 Å². The van der Waals surface area contributed by atoms with E-state index in [1.807, 2.05) is 0 Å². The maximum Gasteiger partial charge on any atom is 0.295 e. The number of hydrogen-bond donors (Lipinski definition) is 1. The molecule has 1 aromatic heterocycles. The summed E-state index contributed by atoms with van der Waals surface area (Å²) in [4.78, 5) is 11.0. The third-order valence-corrected chi connectivity index (χ3v) is 3.12. The van der Waals surface area contributed by atoms with Crippen LogP contribution in [0.3, 0.4) is 0 Å². The van der Waals surface area contributed by atoms with Gasteiger partial charge in [0.2, 0.25) is 0 Å². The Morgan fingerprint density at radius 3 is 2.81 bits per heavy atom. The highest BCUT2D eigenvalue weighted by Crippen LogP contribution is 2.18. The van der Waals surface area contributed by atoms with Crippen molar-refractivity contribution in [2.24, 2.45) is 0 Å². The van der Waals surface area contributed by atoms with Gasteiger partial charge in [-0.05, 0) is 12.8 Å². The number of carbonyl (C=O) groups is 1. The number of nitrogens with one attached hydrogen (secondary N) is 1. The zero-order chi connectivity index (χ0) is 12.0. The van der Waals surface area contributed by atoms with Gasteiger partial charge in [0.15, 0.2) is 0 Å². The van der Waals surface area contributed by atoms with Crippen LogP contribution in [0.5, 0.6) is 0 Å². The molecule has 0 spiro atoms. The summed E-state index contributed by atoms with van der Waals surface area (Å²) in [6, 6.07) is 0. The number of hydrogen-bond acceptors (Lipinski definition) is 4. The van der Waals surface area contributed by atoms with Gasteiger partial charge < -0.3 is 5.32 Å². The van der Waals surface area contributed by atoms with Crippen LogP contribution in [0.2, 0.25) is 0 Å². The maximum atomic E-state index is 11.0. The Hall–Kier alpha value is -1.41. The minimum Gasteiger partial charge on any atom is -0.345 e. The van der Waals surface area contributed by atoms with Crippen molar-refractivity contribution in [3.8, 4) is 11.8 Å². The van der Waals surface area contributed by atoms with E-state index in [0.717, 1.165) is 10.0 Å². The Morgan fingerprint density at radius 2 is 2.25 bits per heavy atom. The first-order valence-electron chi connectivity index (χ1n) is 5.16. The van der Waals surface area contributed by atoms with Crippen LogP contribution in [0, 0.1) is 11.8 Å². The maximum absolute atomic E-state index is 11.0. The SMILES string of the molecule is CC#CC(=O)NCCc1nnc(C(C)C)s1. The van der Waals surface area contributed by atoms with Gasteiger partial charge in [-0.25, -0.2) is 0 Å². The summed E-state index contributed by atoms with van der Waals surface area (Å²) in [6.45, 7) is 6.37. The molecule has 0 fully saturated rings. The van der Waals surface area contributed by atoms with E-state index in [1.54, 1.807) is 18.3 Å². The first kappa shape index (κ1) is 12.7. The van der Waals surface area contributed by atoms with E-state index in [4.69, 9.17) is 0 Å². The van der Waals surface area contributed by atoms with Gasteiger partial charge in [0, 0.05) is 18.9 Å². The molecule has 0 bridgehead atoms. The van der Waals surface area contributed by atoms with Gasteiger partial charge in [-0.3, -0.25) is 4.79 Å². The normalized spacial score (nSPS) is 9.75. The molecule has 16 heavy (non-hydrogen) atoms. The summed E-state index contributed by atoms with van der Waals surface area (Å²) in [5, 5.41) is 12.8. The molecule has 0 saturated heterocycles. The van der Waals surface area contributed by atoms with Crippen molar-refractivity contribution in [3.05, 3.63) is 10.0 Å². The Balaban J connectivity index is 2.36. The third-order valence-electron chi connectivity index (χ3n) is 1.84. The summed E-state index contributed by atoms with van der Waals surface area (Å²) in [5.41, 5.74) is 0. The number of aromatic nitrogens is 2. The number of carbonyl (C=O) groups excluding carboxylic acids is 1. The lowest BCUT2D eigenvalue weighted by molar-refractivity contribution is -0.115. The fourth-order valence-corrected chi connectivity index (χ4v) is 1.89. The Kier molecular flexibility index (Phi) is 4.93. The minimum absolute atomic E-state index is 0.240. The summed E-state index contributed by atoms with van der Waals surface area (Å²) in [5.74, 6) is 5.14. The minimum atomic E-state index is -0.240. The van der Waals surface area contributed by atoms with E-state index in [9.17, 15) is 4.79 Å². The van der Waals surface area contributed by atoms with Gasteiger partial charge in [0.1, 0.15) is 10.0 Å². The molecular formula is C11H15N3OS. The van der Waals surface area contributed by atoms with Crippen LogP contribution in [0.25, 0.3) is 0 Å². The quantitative estimate of drug-likeness (QED) is 0.804. The largest absolute Gasteiger partial charge is 0.345 e. The highest BCUT2D eigenvalue weighted by Gasteiger charge is 2.07. The Bertz CT molecular complexity index is 414. The zero-order valence-electron chi connectivity index (χ0n) is 9.70. The van der Waals surface area contributed by atoms with Gasteiger partial charge in [-0.2, -0.15) is 0 Å². The Morgan fingerprint density at radius 1 is 1.50 bits per heavy atom. The van der Waals surface area contributed by atoms with Crippen molar-refractivity contribution in [1.29, 1.82) is 0 Å². The van der Waals surface area contributed by atoms with E-state index in [0.29, 0.717) is 18.9 Å². The highest BCUT2D eigenvalue weighted by molar-refractivity contribution is 7.11. The van der Waals surface area contributed by atoms with Crippen molar-refractivity contribution < 1.29 is 4.79 Å². The second-order valence-electron chi connectivity index (χ2n) is 3.57. The molecule has 0 aliphatic rings. The number of nitrogens with zero attached hydrogens (tertiary/aromatic N) is 2. The molecule has 1 N–H and O–H groups in total. The molecule has 0 aliphatic heterocycles. The Labute approximate surface area is 99.5 Å². The summed E-state index contributed by atoms with van der Waals surface area (Å²) < 4.78 is 0. The van der Waals surface area contributed by atoms with Crippen LogP contribution < -0.4 is 5.32 Å². The fourth-order valence-electron chi connectivity index (χ4n) is 1.04. The molecule has 1 aromatic rings.